The van der Waals surface area contributed by atoms with Gasteiger partial charge in [-0.1, -0.05) is 48.5 Å². The molecule has 1 aromatic heterocycles. The Hall–Kier alpha value is -4.71. The van der Waals surface area contributed by atoms with Gasteiger partial charge in [0.1, 0.15) is 18.1 Å². The van der Waals surface area contributed by atoms with E-state index < -0.39 is 47.9 Å². The highest BCUT2D eigenvalue weighted by molar-refractivity contribution is 5.95. The van der Waals surface area contributed by atoms with Crippen molar-refractivity contribution in [2.45, 2.75) is 62.7 Å². The molecule has 1 fully saturated rings. The lowest BCUT2D eigenvalue weighted by Crippen LogP contribution is -2.57. The number of carbonyl (C=O) groups is 5. The van der Waals surface area contributed by atoms with Gasteiger partial charge in [0.05, 0.1) is 6.04 Å². The van der Waals surface area contributed by atoms with Crippen molar-refractivity contribution in [2.75, 3.05) is 6.54 Å². The largest absolute Gasteiger partial charge is 0.480 e. The number of aliphatic carboxylic acids is 1. The van der Waals surface area contributed by atoms with Crippen LogP contribution < -0.4 is 27.0 Å². The van der Waals surface area contributed by atoms with Crippen molar-refractivity contribution < 1.29 is 29.1 Å². The number of nitrogens with one attached hydrogen (secondary N) is 5. The number of rotatable bonds is 14. The summed E-state index contributed by atoms with van der Waals surface area (Å²) in [5.41, 5.74) is 7.63. The van der Waals surface area contributed by atoms with Crippen LogP contribution in [0.4, 0.5) is 0 Å². The molecule has 8 N–H and O–H groups in total. The summed E-state index contributed by atoms with van der Waals surface area (Å²) in [4.78, 5) is 66.5. The third-order valence-corrected chi connectivity index (χ3v) is 7.32. The van der Waals surface area contributed by atoms with E-state index in [1.807, 2.05) is 54.6 Å². The van der Waals surface area contributed by atoms with Crippen LogP contribution in [0.1, 0.15) is 36.8 Å². The molecule has 1 aliphatic rings. The van der Waals surface area contributed by atoms with E-state index >= 15 is 0 Å². The van der Waals surface area contributed by atoms with Gasteiger partial charge in [-0.05, 0) is 43.0 Å². The number of carbonyl (C=O) groups excluding carboxylic acids is 4. The number of hydrogen-bond acceptors (Lipinski definition) is 6. The standard InChI is InChI=1S/C30H36N6O6/c31-26(37)13-12-23(28(39)36-25(30(41)42)16-19-17-33-21-10-5-4-9-20(19)21)34-29(40)24(15-18-7-2-1-3-8-18)35-27(38)22-11-6-14-32-22/h1-5,7-10,17,22-25,32-33H,6,11-16H2,(H2,31,37)(H,34,40)(H,35,38)(H,36,39)(H,41,42). The third-order valence-electron chi connectivity index (χ3n) is 7.32. The predicted octanol–water partition coefficient (Wildman–Crippen LogP) is 0.510. The smallest absolute Gasteiger partial charge is 0.326 e. The highest BCUT2D eigenvalue weighted by Gasteiger charge is 2.32. The first-order valence-corrected chi connectivity index (χ1v) is 14.0. The maximum Gasteiger partial charge on any atom is 0.326 e. The summed E-state index contributed by atoms with van der Waals surface area (Å²) in [6, 6.07) is 12.5. The van der Waals surface area contributed by atoms with Crippen LogP contribution in [0.15, 0.2) is 60.8 Å². The molecule has 0 saturated carbocycles. The van der Waals surface area contributed by atoms with Crippen molar-refractivity contribution in [3.05, 3.63) is 71.9 Å². The van der Waals surface area contributed by atoms with Crippen LogP contribution in [0.5, 0.6) is 0 Å². The summed E-state index contributed by atoms with van der Waals surface area (Å²) in [5.74, 6) is -3.69. The van der Waals surface area contributed by atoms with Crippen LogP contribution in [0.2, 0.25) is 0 Å². The molecule has 4 atom stereocenters. The molecule has 0 bridgehead atoms. The maximum absolute atomic E-state index is 13.5. The molecule has 3 aromatic rings. The second-order valence-electron chi connectivity index (χ2n) is 10.4. The first kappa shape index (κ1) is 30.3. The number of carboxylic acid groups (broad SMARTS) is 1. The average Bonchev–Trinajstić information content (AvgIpc) is 3.66. The van der Waals surface area contributed by atoms with Gasteiger partial charge in [0.2, 0.25) is 23.6 Å². The highest BCUT2D eigenvalue weighted by Crippen LogP contribution is 2.19. The van der Waals surface area contributed by atoms with Crippen LogP contribution in [-0.4, -0.2) is 70.4 Å². The quantitative estimate of drug-likeness (QED) is 0.145. The summed E-state index contributed by atoms with van der Waals surface area (Å²) in [5, 5.41) is 21.7. The minimum atomic E-state index is -1.31. The van der Waals surface area contributed by atoms with E-state index in [2.05, 4.69) is 26.3 Å². The second-order valence-corrected chi connectivity index (χ2v) is 10.4. The lowest BCUT2D eigenvalue weighted by Gasteiger charge is -2.25. The van der Waals surface area contributed by atoms with Crippen molar-refractivity contribution in [3.8, 4) is 0 Å². The molecular formula is C30H36N6O6. The lowest BCUT2D eigenvalue weighted by molar-refractivity contribution is -0.142. The van der Waals surface area contributed by atoms with Crippen molar-refractivity contribution in [1.29, 1.82) is 0 Å². The minimum absolute atomic E-state index is 0.0113. The molecule has 2 heterocycles. The zero-order valence-corrected chi connectivity index (χ0v) is 23.1. The molecule has 4 unspecified atom stereocenters. The number of aromatic nitrogens is 1. The molecule has 0 spiro atoms. The summed E-state index contributed by atoms with van der Waals surface area (Å²) >= 11 is 0. The Labute approximate surface area is 242 Å². The monoisotopic (exact) mass is 576 g/mol. The number of amides is 4. The van der Waals surface area contributed by atoms with E-state index in [9.17, 15) is 29.1 Å². The van der Waals surface area contributed by atoms with E-state index in [4.69, 9.17) is 5.73 Å². The molecule has 0 radical (unpaired) electrons. The van der Waals surface area contributed by atoms with Gasteiger partial charge < -0.3 is 37.1 Å². The fraction of sp³-hybridized carbons (Fsp3) is 0.367. The van der Waals surface area contributed by atoms with Gasteiger partial charge in [0.15, 0.2) is 0 Å². The fourth-order valence-electron chi connectivity index (χ4n) is 5.06. The van der Waals surface area contributed by atoms with Gasteiger partial charge in [0.25, 0.3) is 0 Å². The molecule has 12 heteroatoms. The van der Waals surface area contributed by atoms with Gasteiger partial charge in [-0.15, -0.1) is 0 Å². The predicted molar refractivity (Wildman–Crippen MR) is 155 cm³/mol. The Morgan fingerprint density at radius 1 is 0.881 bits per heavy atom. The molecule has 12 nitrogen and oxygen atoms in total. The molecule has 4 rings (SSSR count). The van der Waals surface area contributed by atoms with Gasteiger partial charge in [0, 0.05) is 36.4 Å². The molecule has 222 valence electrons. The zero-order chi connectivity index (χ0) is 30.1. The fourth-order valence-corrected chi connectivity index (χ4v) is 5.06. The van der Waals surface area contributed by atoms with Crippen molar-refractivity contribution in [2.24, 2.45) is 5.73 Å². The van der Waals surface area contributed by atoms with E-state index in [0.29, 0.717) is 18.5 Å². The second kappa shape index (κ2) is 14.3. The van der Waals surface area contributed by atoms with E-state index in [-0.39, 0.29) is 31.6 Å². The zero-order valence-electron chi connectivity index (χ0n) is 23.1. The lowest BCUT2D eigenvalue weighted by atomic mass is 10.0. The number of benzene rings is 2. The molecule has 4 amide bonds. The third kappa shape index (κ3) is 8.16. The number of hydrogen-bond donors (Lipinski definition) is 7. The van der Waals surface area contributed by atoms with Crippen LogP contribution >= 0.6 is 0 Å². The van der Waals surface area contributed by atoms with Gasteiger partial charge >= 0.3 is 5.97 Å². The Morgan fingerprint density at radius 3 is 2.26 bits per heavy atom. The van der Waals surface area contributed by atoms with Crippen LogP contribution in [-0.2, 0) is 36.8 Å². The summed E-state index contributed by atoms with van der Waals surface area (Å²) < 4.78 is 0. The highest BCUT2D eigenvalue weighted by atomic mass is 16.4. The first-order valence-electron chi connectivity index (χ1n) is 14.0. The molecular weight excluding hydrogens is 540 g/mol. The van der Waals surface area contributed by atoms with Gasteiger partial charge in [-0.3, -0.25) is 19.2 Å². The molecule has 0 aliphatic carbocycles. The summed E-state index contributed by atoms with van der Waals surface area (Å²) in [6.45, 7) is 0.701. The number of carboxylic acids is 1. The maximum atomic E-state index is 13.5. The van der Waals surface area contributed by atoms with Gasteiger partial charge in [-0.25, -0.2) is 4.79 Å². The summed E-state index contributed by atoms with van der Waals surface area (Å²) in [7, 11) is 0. The Bertz CT molecular complexity index is 1420. The number of primary amides is 1. The van der Waals surface area contributed by atoms with E-state index in [1.54, 1.807) is 6.20 Å². The number of fused-ring (bicyclic) bond motifs is 1. The van der Waals surface area contributed by atoms with Gasteiger partial charge in [-0.2, -0.15) is 0 Å². The normalized spacial score (nSPS) is 16.7. The first-order chi connectivity index (χ1) is 20.2. The molecule has 42 heavy (non-hydrogen) atoms. The number of para-hydroxylation sites is 1. The SMILES string of the molecule is NC(=O)CCC(NC(=O)C(Cc1ccccc1)NC(=O)C1CCCN1)C(=O)NC(Cc1c[nH]c2ccccc12)C(=O)O. The minimum Gasteiger partial charge on any atom is -0.480 e. The van der Waals surface area contributed by atoms with Crippen LogP contribution in [0.25, 0.3) is 10.9 Å². The molecule has 1 aliphatic heterocycles. The number of H-pyrrole nitrogens is 1. The van der Waals surface area contributed by atoms with Crippen LogP contribution in [0, 0.1) is 0 Å². The molecule has 2 aromatic carbocycles. The average molecular weight is 577 g/mol. The van der Waals surface area contributed by atoms with E-state index in [0.717, 1.165) is 22.9 Å². The number of aromatic amines is 1. The summed E-state index contributed by atoms with van der Waals surface area (Å²) in [6.07, 6.45) is 2.95. The van der Waals surface area contributed by atoms with Crippen molar-refractivity contribution in [1.82, 2.24) is 26.3 Å². The molecule has 1 saturated heterocycles. The Morgan fingerprint density at radius 2 is 1.57 bits per heavy atom. The number of nitrogens with two attached hydrogens (primary N) is 1. The topological polar surface area (TPSA) is 196 Å². The van der Waals surface area contributed by atoms with Crippen LogP contribution in [0.3, 0.4) is 0 Å². The van der Waals surface area contributed by atoms with Crippen molar-refractivity contribution >= 4 is 40.5 Å². The Balaban J connectivity index is 1.50. The van der Waals surface area contributed by atoms with E-state index in [1.165, 1.54) is 0 Å². The Kier molecular flexibility index (Phi) is 10.3. The van der Waals surface area contributed by atoms with Crippen molar-refractivity contribution in [3.63, 3.8) is 0 Å².